The molecule has 10 rings (SSSR count). The number of esters is 6. The summed E-state index contributed by atoms with van der Waals surface area (Å²) in [6.45, 7) is 17.3. The van der Waals surface area contributed by atoms with Gasteiger partial charge in [-0.05, 0) is 31.2 Å². The second kappa shape index (κ2) is 64.6. The van der Waals surface area contributed by atoms with Gasteiger partial charge >= 0.3 is 35.8 Å². The average molecular weight is 2110 g/mol. The van der Waals surface area contributed by atoms with Gasteiger partial charge < -0.3 is 159 Å². The molecule has 5 amide bonds. The highest BCUT2D eigenvalue weighted by atomic mass is 16.8. The van der Waals surface area contributed by atoms with Gasteiger partial charge in [-0.2, -0.15) is 0 Å². The molecule has 6 aliphatic rings. The average Bonchev–Trinajstić information content (AvgIpc) is 1.59. The molecule has 1 aromatic carbocycles. The fourth-order valence-corrected chi connectivity index (χ4v) is 16.9. The maximum Gasteiger partial charge on any atom is 0.303 e. The highest BCUT2D eigenvalue weighted by Crippen LogP contribution is 2.44. The van der Waals surface area contributed by atoms with E-state index >= 15 is 0 Å². The van der Waals surface area contributed by atoms with Crippen LogP contribution in [0.3, 0.4) is 0 Å². The van der Waals surface area contributed by atoms with Gasteiger partial charge in [-0.1, -0.05) is 58.8 Å². The summed E-state index contributed by atoms with van der Waals surface area (Å²) in [6.07, 6.45) is 0.0555. The molecule has 53 nitrogen and oxygen atoms in total. The minimum Gasteiger partial charge on any atom is -0.456 e. The molecule has 4 aromatic rings. The first kappa shape index (κ1) is 120. The van der Waals surface area contributed by atoms with E-state index in [2.05, 4.69) is 57.5 Å². The van der Waals surface area contributed by atoms with Crippen LogP contribution in [0.5, 0.6) is 0 Å². The van der Waals surface area contributed by atoms with Crippen molar-refractivity contribution in [1.29, 1.82) is 0 Å². The summed E-state index contributed by atoms with van der Waals surface area (Å²) >= 11 is 0. The molecule has 3 aromatic heterocycles. The first-order valence-corrected chi connectivity index (χ1v) is 49.8. The number of carbonyl (C=O) groups is 11. The van der Waals surface area contributed by atoms with Gasteiger partial charge in [0.25, 0.3) is 0 Å². The first-order valence-electron chi connectivity index (χ1n) is 49.8. The molecule has 830 valence electrons. The van der Waals surface area contributed by atoms with Crippen LogP contribution in [0.4, 0.5) is 0 Å². The van der Waals surface area contributed by atoms with Gasteiger partial charge in [0.15, 0.2) is 72.3 Å². The number of aromatic nitrogens is 9. The van der Waals surface area contributed by atoms with Crippen molar-refractivity contribution in [2.75, 3.05) is 211 Å². The monoisotopic (exact) mass is 2110 g/mol. The van der Waals surface area contributed by atoms with Crippen molar-refractivity contribution in [2.45, 2.75) is 256 Å². The van der Waals surface area contributed by atoms with E-state index < -0.39 is 149 Å². The van der Waals surface area contributed by atoms with Crippen LogP contribution >= 0.6 is 0 Å². The number of unbranched alkanes of at least 4 members (excludes halogenated alkanes) is 4. The molecule has 6 bridgehead atoms. The van der Waals surface area contributed by atoms with E-state index in [1.54, 1.807) is 32.6 Å². The van der Waals surface area contributed by atoms with Crippen LogP contribution in [0.15, 0.2) is 48.9 Å². The van der Waals surface area contributed by atoms with Gasteiger partial charge in [0.05, 0.1) is 263 Å². The van der Waals surface area contributed by atoms with Gasteiger partial charge in [-0.25, -0.2) is 14.0 Å². The molecule has 53 heteroatoms. The zero-order chi connectivity index (χ0) is 106. The number of nitrogens with one attached hydrogen (secondary N) is 5. The highest BCUT2D eigenvalue weighted by molar-refractivity contribution is 5.78. The number of ether oxygens (including phenoxy) is 28. The summed E-state index contributed by atoms with van der Waals surface area (Å²) in [6, 6.07) is 7.11. The third kappa shape index (κ3) is 41.6. The quantitative estimate of drug-likeness (QED) is 0.0209. The fraction of sp³-hybridized carbons (Fsp3) is 0.758. The van der Waals surface area contributed by atoms with Gasteiger partial charge in [-0.15, -0.1) is 15.3 Å². The van der Waals surface area contributed by atoms with Crippen molar-refractivity contribution < 1.29 is 185 Å². The molecule has 9 heterocycles. The van der Waals surface area contributed by atoms with Crippen molar-refractivity contribution >= 4 is 65.4 Å². The van der Waals surface area contributed by atoms with E-state index in [1.165, 1.54) is 62.3 Å². The van der Waals surface area contributed by atoms with Crippen molar-refractivity contribution in [2.24, 2.45) is 0 Å². The predicted molar refractivity (Wildman–Crippen MR) is 503 cm³/mol. The minimum absolute atomic E-state index is 0.0361. The number of amides is 5. The summed E-state index contributed by atoms with van der Waals surface area (Å²) in [7, 11) is 0. The van der Waals surface area contributed by atoms with Crippen molar-refractivity contribution in [3.63, 3.8) is 0 Å². The third-order valence-corrected chi connectivity index (χ3v) is 23.4. The predicted octanol–water partition coefficient (Wildman–Crippen LogP) is -0.600. The lowest BCUT2D eigenvalue weighted by Gasteiger charge is -2.45. The molecule has 148 heavy (non-hydrogen) atoms. The Kier molecular flexibility index (Phi) is 52.3. The number of fused-ring (bicyclic) bond motifs is 6. The summed E-state index contributed by atoms with van der Waals surface area (Å²) in [5.74, 6) is -5.60. The molecule has 0 spiro atoms. The van der Waals surface area contributed by atoms with Gasteiger partial charge in [0, 0.05) is 88.3 Å². The lowest BCUT2D eigenvalue weighted by molar-refractivity contribution is -0.251. The molecule has 15 atom stereocenters. The molecule has 6 saturated heterocycles. The van der Waals surface area contributed by atoms with Gasteiger partial charge in [-0.3, -0.25) is 52.7 Å². The number of benzene rings is 1. The molecule has 0 radical (unpaired) electrons. The maximum atomic E-state index is 14.4. The normalized spacial score (nSPS) is 23.2. The van der Waals surface area contributed by atoms with E-state index in [4.69, 9.17) is 133 Å². The smallest absolute Gasteiger partial charge is 0.303 e. The Balaban J connectivity index is 0.674. The summed E-state index contributed by atoms with van der Waals surface area (Å²) in [5.41, 5.74) is -2.83. The Morgan fingerprint density at radius 3 is 0.959 bits per heavy atom. The summed E-state index contributed by atoms with van der Waals surface area (Å²) in [4.78, 5) is 137. The Morgan fingerprint density at radius 2 is 0.642 bits per heavy atom. The number of nitrogens with zero attached hydrogens (tertiary/aromatic N) is 9. The first-order chi connectivity index (χ1) is 71.5. The minimum atomic E-state index is -1.35. The van der Waals surface area contributed by atoms with Crippen molar-refractivity contribution in [3.05, 3.63) is 71.6 Å². The van der Waals surface area contributed by atoms with E-state index in [1.807, 2.05) is 30.3 Å². The largest absolute Gasteiger partial charge is 0.456 e. The molecular formula is C95H146N14O39. The van der Waals surface area contributed by atoms with Crippen LogP contribution in [0.25, 0.3) is 0 Å². The van der Waals surface area contributed by atoms with E-state index in [-0.39, 0.29) is 236 Å². The van der Waals surface area contributed by atoms with E-state index in [9.17, 15) is 52.7 Å². The van der Waals surface area contributed by atoms with Crippen LogP contribution in [0.2, 0.25) is 0 Å². The topological polar surface area (TPSA) is 598 Å². The lowest BCUT2D eigenvalue weighted by Crippen LogP contribution is -2.68. The molecule has 0 saturated carbocycles. The number of hydrogen-bond donors (Lipinski definition) is 5. The summed E-state index contributed by atoms with van der Waals surface area (Å²) < 4.78 is 169. The zero-order valence-corrected chi connectivity index (χ0v) is 85.7. The Morgan fingerprint density at radius 1 is 0.338 bits per heavy atom. The van der Waals surface area contributed by atoms with E-state index in [0.29, 0.717) is 82.2 Å². The molecule has 0 unspecified atom stereocenters. The maximum absolute atomic E-state index is 14.4. The number of rotatable bonds is 78. The Labute approximate surface area is 857 Å². The standard InChI is InChI=1S/C95H146N14O39/c1-65(110)97-80-83(140-68(4)113)86(143-71(7)116)93(62-137-89(80)146-93)59-131-46-43-127-40-37-124-34-31-121-28-24-107-49-75(101-104-107)53-134-56-92(100-79(120)22-15-11-17-23-96-78(119)21-16-12-18-27-130-52-74-19-13-10-14-20-74,57-135-54-76-50-108(105-102-76)25-29-122-32-35-125-38-41-128-44-47-132-60-94-63-138-90(147-94)81(98-66(2)111)84(141-69(5)114)87(94)144-72(8)117)58-136-55-77-51-109(106-103-77)26-30-123-33-36-126-39-42-129-45-48-133-61-95-64-139-91(148-95)82(99-67(3)112)85(142-70(6)115)88(95)145-73(9)118/h10,13-14,19-20,49-51,80-91H,11-12,15-18,21-48,52-64H2,1-9H3,(H,96,119)(H,97,110)(H,98,111)(H,99,112)(H,100,120)/t80-,81-,82-,83-,84-,85-,86-,87-,88-,89+,90+,91+,93+,94+,95+/m1/s1. The Bertz CT molecular complexity index is 4290. The molecule has 5 N–H and O–H groups in total. The molecule has 6 aliphatic heterocycles. The Hall–Kier alpha value is -10.1. The number of carbonyl (C=O) groups excluding carboxylic acids is 11. The molecule has 0 aliphatic carbocycles. The van der Waals surface area contributed by atoms with Crippen molar-refractivity contribution in [1.82, 2.24) is 71.6 Å². The molecular weight excluding hydrogens is 1960 g/mol. The number of hydrogen-bond acceptors (Lipinski definition) is 45. The zero-order valence-electron chi connectivity index (χ0n) is 85.7. The van der Waals surface area contributed by atoms with Gasteiger partial charge in [0.1, 0.15) is 40.7 Å². The fourth-order valence-electron chi connectivity index (χ4n) is 16.9. The van der Waals surface area contributed by atoms with Gasteiger partial charge in [0.2, 0.25) is 29.5 Å². The van der Waals surface area contributed by atoms with E-state index in [0.717, 1.165) is 24.8 Å². The molecule has 6 fully saturated rings. The van der Waals surface area contributed by atoms with Crippen molar-refractivity contribution in [3.8, 4) is 0 Å². The second-order valence-electron chi connectivity index (χ2n) is 36.0. The SMILES string of the molecule is CC(=O)N[C@H]1[C@H]2OC[C@](COCCOCCOCCOCCn3cc(COCC(COCc4cn(CCOCCOCCOCCOC[C@@]56CO[C@@H](O5)[C@H](NC(C)=O)[C@@H](OC(C)=O)[C@H]6OC(C)=O)nn4)(COCc4cn(CCOCCOCCOCCOC[C@@]56CO[C@@H](O5)[C@H](NC(C)=O)[C@@H](OC(C)=O)[C@H]6OC(C)=O)nn4)NC(=O)CCCCCNC(=O)CCCCCOCc4ccccc4)nn3)(O2)[C@H](OC(C)=O)[C@@H]1OC(C)=O. The van der Waals surface area contributed by atoms with Crippen LogP contribution in [-0.4, -0.2) is 418 Å². The second-order valence-corrected chi connectivity index (χ2v) is 36.0. The lowest BCUT2D eigenvalue weighted by atomic mass is 9.87. The third-order valence-electron chi connectivity index (χ3n) is 23.4. The van der Waals surface area contributed by atoms with Crippen LogP contribution in [0, 0.1) is 0 Å². The van der Waals surface area contributed by atoms with Crippen LogP contribution < -0.4 is 26.6 Å². The van der Waals surface area contributed by atoms with Crippen LogP contribution in [-0.2, 0) is 231 Å². The van der Waals surface area contributed by atoms with Crippen LogP contribution in [0.1, 0.15) is 136 Å². The summed E-state index contributed by atoms with van der Waals surface area (Å²) in [5, 5.41) is 40.2. The highest BCUT2D eigenvalue weighted by Gasteiger charge is 2.67.